The zero-order valence-electron chi connectivity index (χ0n) is 6.29. The molecule has 0 saturated heterocycles. The first-order valence-electron chi connectivity index (χ1n) is 3.16. The molecule has 1 amide bonds. The number of carbonyl (C=O) groups is 1. The summed E-state index contributed by atoms with van der Waals surface area (Å²) in [6.45, 7) is 1.89. The molecular formula is C6H13NO2S. The molecule has 0 aliphatic carbocycles. The summed E-state index contributed by atoms with van der Waals surface area (Å²) in [6, 6.07) is 0.140. The molecule has 3 nitrogen and oxygen atoms in total. The number of amides is 1. The molecule has 0 heterocycles. The minimum absolute atomic E-state index is 0.140. The SMILES string of the molecule is CC(CCS(C)=O)NC=O. The Hall–Kier alpha value is -0.380. The quantitative estimate of drug-likeness (QED) is 0.575. The Kier molecular flexibility index (Phi) is 5.20. The predicted molar refractivity (Wildman–Crippen MR) is 42.2 cm³/mol. The fourth-order valence-electron chi connectivity index (χ4n) is 0.542. The van der Waals surface area contributed by atoms with Gasteiger partial charge in [-0.25, -0.2) is 0 Å². The molecule has 2 atom stereocenters. The van der Waals surface area contributed by atoms with E-state index in [0.29, 0.717) is 12.2 Å². The number of carbonyl (C=O) groups excluding carboxylic acids is 1. The number of nitrogens with one attached hydrogen (secondary N) is 1. The van der Waals surface area contributed by atoms with Gasteiger partial charge in [0.15, 0.2) is 0 Å². The highest BCUT2D eigenvalue weighted by Crippen LogP contribution is 1.90. The summed E-state index contributed by atoms with van der Waals surface area (Å²) >= 11 is 0. The molecule has 0 aromatic rings. The summed E-state index contributed by atoms with van der Waals surface area (Å²) in [7, 11) is -0.746. The molecule has 0 fully saturated rings. The molecule has 0 aromatic heterocycles. The van der Waals surface area contributed by atoms with Crippen LogP contribution >= 0.6 is 0 Å². The van der Waals surface area contributed by atoms with Crippen molar-refractivity contribution in [3.63, 3.8) is 0 Å². The van der Waals surface area contributed by atoms with Gasteiger partial charge in [0.05, 0.1) is 0 Å². The van der Waals surface area contributed by atoms with Crippen LogP contribution in [0.4, 0.5) is 0 Å². The number of hydrogen-bond donors (Lipinski definition) is 1. The second-order valence-electron chi connectivity index (χ2n) is 2.25. The van der Waals surface area contributed by atoms with Crippen LogP contribution in [0.5, 0.6) is 0 Å². The van der Waals surface area contributed by atoms with Gasteiger partial charge < -0.3 is 5.32 Å². The van der Waals surface area contributed by atoms with E-state index in [1.165, 1.54) is 0 Å². The Morgan fingerprint density at radius 1 is 1.70 bits per heavy atom. The van der Waals surface area contributed by atoms with Gasteiger partial charge in [-0.15, -0.1) is 0 Å². The Labute approximate surface area is 63.6 Å². The third kappa shape index (κ3) is 5.75. The summed E-state index contributed by atoms with van der Waals surface area (Å²) in [5, 5.41) is 2.59. The van der Waals surface area contributed by atoms with Gasteiger partial charge in [-0.2, -0.15) is 0 Å². The van der Waals surface area contributed by atoms with Gasteiger partial charge in [0.1, 0.15) is 0 Å². The fourth-order valence-corrected chi connectivity index (χ4v) is 1.23. The van der Waals surface area contributed by atoms with E-state index in [0.717, 1.165) is 6.42 Å². The summed E-state index contributed by atoms with van der Waals surface area (Å²) in [4.78, 5) is 9.87. The molecular weight excluding hydrogens is 150 g/mol. The molecule has 0 saturated carbocycles. The topological polar surface area (TPSA) is 46.2 Å². The lowest BCUT2D eigenvalue weighted by Gasteiger charge is -2.07. The van der Waals surface area contributed by atoms with Crippen LogP contribution in [0, 0.1) is 0 Å². The van der Waals surface area contributed by atoms with E-state index < -0.39 is 10.8 Å². The van der Waals surface area contributed by atoms with Crippen LogP contribution in [-0.4, -0.2) is 28.7 Å². The summed E-state index contributed by atoms with van der Waals surface area (Å²) < 4.78 is 10.5. The van der Waals surface area contributed by atoms with Crippen molar-refractivity contribution in [1.29, 1.82) is 0 Å². The molecule has 0 bridgehead atoms. The Bertz CT molecular complexity index is 127. The van der Waals surface area contributed by atoms with Crippen LogP contribution in [-0.2, 0) is 15.6 Å². The van der Waals surface area contributed by atoms with E-state index in [1.807, 2.05) is 6.92 Å². The Morgan fingerprint density at radius 2 is 2.30 bits per heavy atom. The standard InChI is InChI=1S/C6H13NO2S/c1-6(7-5-8)3-4-10(2)9/h5-6H,3-4H2,1-2H3,(H,7,8). The average Bonchev–Trinajstić information content (AvgIpc) is 1.85. The highest BCUT2D eigenvalue weighted by atomic mass is 32.2. The monoisotopic (exact) mass is 163 g/mol. The lowest BCUT2D eigenvalue weighted by atomic mass is 10.3. The Balaban J connectivity index is 3.29. The van der Waals surface area contributed by atoms with Crippen LogP contribution in [0.2, 0.25) is 0 Å². The van der Waals surface area contributed by atoms with Crippen LogP contribution in [0.15, 0.2) is 0 Å². The predicted octanol–water partition coefficient (Wildman–Crippen LogP) is -0.110. The molecule has 0 radical (unpaired) electrons. The lowest BCUT2D eigenvalue weighted by molar-refractivity contribution is -0.110. The zero-order chi connectivity index (χ0) is 7.98. The maximum absolute atomic E-state index is 10.5. The third-order valence-electron chi connectivity index (χ3n) is 1.19. The lowest BCUT2D eigenvalue weighted by Crippen LogP contribution is -2.25. The van der Waals surface area contributed by atoms with Gasteiger partial charge in [-0.1, -0.05) is 0 Å². The van der Waals surface area contributed by atoms with Crippen molar-refractivity contribution in [2.24, 2.45) is 0 Å². The normalized spacial score (nSPS) is 15.8. The van der Waals surface area contributed by atoms with Gasteiger partial charge in [0.25, 0.3) is 0 Å². The first-order valence-corrected chi connectivity index (χ1v) is 4.89. The van der Waals surface area contributed by atoms with E-state index in [9.17, 15) is 9.00 Å². The Morgan fingerprint density at radius 3 is 2.70 bits per heavy atom. The van der Waals surface area contributed by atoms with Crippen molar-refractivity contribution in [3.8, 4) is 0 Å². The minimum atomic E-state index is -0.746. The summed E-state index contributed by atoms with van der Waals surface area (Å²) in [5.41, 5.74) is 0. The third-order valence-corrected chi connectivity index (χ3v) is 2.00. The van der Waals surface area contributed by atoms with E-state index in [4.69, 9.17) is 0 Å². The van der Waals surface area contributed by atoms with Crippen molar-refractivity contribution in [2.45, 2.75) is 19.4 Å². The molecule has 0 rings (SSSR count). The largest absolute Gasteiger partial charge is 0.356 e. The first kappa shape index (κ1) is 9.62. The molecule has 0 aliphatic heterocycles. The molecule has 1 N–H and O–H groups in total. The molecule has 0 spiro atoms. The molecule has 60 valence electrons. The highest BCUT2D eigenvalue weighted by molar-refractivity contribution is 7.84. The van der Waals surface area contributed by atoms with Crippen LogP contribution in [0.25, 0.3) is 0 Å². The highest BCUT2D eigenvalue weighted by Gasteiger charge is 1.99. The molecule has 0 aliphatic rings. The van der Waals surface area contributed by atoms with E-state index in [1.54, 1.807) is 6.26 Å². The minimum Gasteiger partial charge on any atom is -0.356 e. The van der Waals surface area contributed by atoms with Crippen molar-refractivity contribution in [2.75, 3.05) is 12.0 Å². The maximum Gasteiger partial charge on any atom is 0.207 e. The second kappa shape index (κ2) is 5.41. The maximum atomic E-state index is 10.5. The van der Waals surface area contributed by atoms with Crippen LogP contribution in [0.3, 0.4) is 0 Å². The van der Waals surface area contributed by atoms with Crippen LogP contribution in [0.1, 0.15) is 13.3 Å². The van der Waals surface area contributed by atoms with Gasteiger partial charge in [0, 0.05) is 28.9 Å². The number of rotatable bonds is 5. The second-order valence-corrected chi connectivity index (χ2v) is 3.81. The van der Waals surface area contributed by atoms with Gasteiger partial charge in [-0.05, 0) is 13.3 Å². The number of hydrogen-bond acceptors (Lipinski definition) is 2. The summed E-state index contributed by atoms with van der Waals surface area (Å²) in [6.07, 6.45) is 3.11. The molecule has 4 heteroatoms. The van der Waals surface area contributed by atoms with E-state index in [2.05, 4.69) is 5.32 Å². The fraction of sp³-hybridized carbons (Fsp3) is 0.833. The van der Waals surface area contributed by atoms with Crippen LogP contribution < -0.4 is 5.32 Å². The zero-order valence-corrected chi connectivity index (χ0v) is 7.11. The molecule has 0 aromatic carbocycles. The average molecular weight is 163 g/mol. The van der Waals surface area contributed by atoms with E-state index >= 15 is 0 Å². The van der Waals surface area contributed by atoms with Crippen molar-refractivity contribution < 1.29 is 9.00 Å². The van der Waals surface area contributed by atoms with Gasteiger partial charge in [-0.3, -0.25) is 9.00 Å². The van der Waals surface area contributed by atoms with Gasteiger partial charge in [0.2, 0.25) is 6.41 Å². The van der Waals surface area contributed by atoms with Crippen molar-refractivity contribution >= 4 is 17.2 Å². The van der Waals surface area contributed by atoms with Crippen molar-refractivity contribution in [1.82, 2.24) is 5.32 Å². The summed E-state index contributed by atoms with van der Waals surface area (Å²) in [5.74, 6) is 0.655. The molecule has 2 unspecified atom stereocenters. The smallest absolute Gasteiger partial charge is 0.207 e. The van der Waals surface area contributed by atoms with Gasteiger partial charge >= 0.3 is 0 Å². The molecule has 10 heavy (non-hydrogen) atoms. The van der Waals surface area contributed by atoms with Crippen molar-refractivity contribution in [3.05, 3.63) is 0 Å². The first-order chi connectivity index (χ1) is 4.66. The van der Waals surface area contributed by atoms with E-state index in [-0.39, 0.29) is 6.04 Å².